The molecule has 2 aromatic rings. The summed E-state index contributed by atoms with van der Waals surface area (Å²) in [5.41, 5.74) is 3.65. The molecule has 0 saturated carbocycles. The molecular weight excluding hydrogens is 196 g/mol. The summed E-state index contributed by atoms with van der Waals surface area (Å²) in [6.45, 7) is 0.905. The fourth-order valence-corrected chi connectivity index (χ4v) is 2.02. The van der Waals surface area contributed by atoms with E-state index in [4.69, 9.17) is 0 Å². The number of fused-ring (bicyclic) bond motifs is 1. The Hall–Kier alpha value is -2.09. The first-order chi connectivity index (χ1) is 7.95. The standard InChI is InChI=1S/C14H12N2/c1-2-8-14-12(5-1)6-4-10-16(14)13-7-3-9-15-11-13/h1-9,11H,10H2. The Morgan fingerprint density at radius 3 is 2.88 bits per heavy atom. The third-order valence-corrected chi connectivity index (χ3v) is 2.77. The van der Waals surface area contributed by atoms with E-state index < -0.39 is 0 Å². The SMILES string of the molecule is C1=Cc2ccccc2N(c2cccnc2)C1. The molecule has 2 heterocycles. The molecule has 0 unspecified atom stereocenters. The summed E-state index contributed by atoms with van der Waals surface area (Å²) in [5, 5.41) is 0. The van der Waals surface area contributed by atoms with Crippen LogP contribution in [0.1, 0.15) is 5.56 Å². The van der Waals surface area contributed by atoms with E-state index in [0.29, 0.717) is 0 Å². The summed E-state index contributed by atoms with van der Waals surface area (Å²) in [4.78, 5) is 6.43. The average Bonchev–Trinajstić information content (AvgIpc) is 2.39. The Morgan fingerprint density at radius 2 is 2.00 bits per heavy atom. The molecule has 3 rings (SSSR count). The average molecular weight is 208 g/mol. The highest BCUT2D eigenvalue weighted by Gasteiger charge is 2.13. The van der Waals surface area contributed by atoms with E-state index >= 15 is 0 Å². The van der Waals surface area contributed by atoms with Crippen LogP contribution in [0.15, 0.2) is 54.9 Å². The predicted octanol–water partition coefficient (Wildman–Crippen LogP) is 3.25. The number of pyridine rings is 1. The summed E-state index contributed by atoms with van der Waals surface area (Å²) in [5.74, 6) is 0. The van der Waals surface area contributed by atoms with Crippen LogP contribution in [-0.4, -0.2) is 11.5 Å². The first-order valence-electron chi connectivity index (χ1n) is 5.38. The minimum absolute atomic E-state index is 0.905. The van der Waals surface area contributed by atoms with Crippen molar-refractivity contribution in [1.82, 2.24) is 4.98 Å². The van der Waals surface area contributed by atoms with Crippen molar-refractivity contribution in [2.45, 2.75) is 0 Å². The minimum Gasteiger partial charge on any atom is -0.336 e. The van der Waals surface area contributed by atoms with E-state index in [2.05, 4.69) is 52.4 Å². The number of aromatic nitrogens is 1. The van der Waals surface area contributed by atoms with Gasteiger partial charge in [-0.05, 0) is 23.8 Å². The Balaban J connectivity index is 2.09. The molecule has 16 heavy (non-hydrogen) atoms. The molecule has 0 atom stereocenters. The van der Waals surface area contributed by atoms with Crippen LogP contribution < -0.4 is 4.90 Å². The lowest BCUT2D eigenvalue weighted by Crippen LogP contribution is -2.20. The van der Waals surface area contributed by atoms with Crippen LogP contribution in [0, 0.1) is 0 Å². The lowest BCUT2D eigenvalue weighted by atomic mass is 10.1. The molecule has 2 heteroatoms. The van der Waals surface area contributed by atoms with Gasteiger partial charge < -0.3 is 4.90 Å². The van der Waals surface area contributed by atoms with Crippen LogP contribution in [-0.2, 0) is 0 Å². The van der Waals surface area contributed by atoms with E-state index in [9.17, 15) is 0 Å². The number of hydrogen-bond donors (Lipinski definition) is 0. The molecule has 2 nitrogen and oxygen atoms in total. The molecule has 1 aromatic carbocycles. The number of rotatable bonds is 1. The molecule has 1 aliphatic rings. The predicted molar refractivity (Wildman–Crippen MR) is 66.7 cm³/mol. The van der Waals surface area contributed by atoms with E-state index in [0.717, 1.165) is 12.2 Å². The van der Waals surface area contributed by atoms with Crippen molar-refractivity contribution in [2.75, 3.05) is 11.4 Å². The molecule has 0 amide bonds. The second-order valence-electron chi connectivity index (χ2n) is 3.78. The van der Waals surface area contributed by atoms with Crippen LogP contribution in [0.25, 0.3) is 6.08 Å². The highest BCUT2D eigenvalue weighted by atomic mass is 15.1. The van der Waals surface area contributed by atoms with E-state index in [1.807, 2.05) is 12.3 Å². The number of nitrogens with zero attached hydrogens (tertiary/aromatic N) is 2. The lowest BCUT2D eigenvalue weighted by molar-refractivity contribution is 1.07. The van der Waals surface area contributed by atoms with Gasteiger partial charge in [-0.2, -0.15) is 0 Å². The third-order valence-electron chi connectivity index (χ3n) is 2.77. The van der Waals surface area contributed by atoms with Crippen molar-refractivity contribution < 1.29 is 0 Å². The molecular formula is C14H12N2. The molecule has 78 valence electrons. The van der Waals surface area contributed by atoms with Gasteiger partial charge in [0.05, 0.1) is 11.9 Å². The number of anilines is 2. The number of para-hydroxylation sites is 1. The highest BCUT2D eigenvalue weighted by molar-refractivity contribution is 5.77. The van der Waals surface area contributed by atoms with Crippen LogP contribution in [0.2, 0.25) is 0 Å². The monoisotopic (exact) mass is 208 g/mol. The summed E-state index contributed by atoms with van der Waals surface area (Å²) in [7, 11) is 0. The van der Waals surface area contributed by atoms with Gasteiger partial charge in [-0.3, -0.25) is 4.98 Å². The fourth-order valence-electron chi connectivity index (χ4n) is 2.02. The van der Waals surface area contributed by atoms with Crippen LogP contribution >= 0.6 is 0 Å². The van der Waals surface area contributed by atoms with Crippen molar-refractivity contribution in [2.24, 2.45) is 0 Å². The second kappa shape index (κ2) is 3.81. The van der Waals surface area contributed by atoms with Crippen molar-refractivity contribution in [1.29, 1.82) is 0 Å². The first-order valence-corrected chi connectivity index (χ1v) is 5.38. The minimum atomic E-state index is 0.905. The van der Waals surface area contributed by atoms with Gasteiger partial charge in [0.1, 0.15) is 0 Å². The van der Waals surface area contributed by atoms with Crippen LogP contribution in [0.3, 0.4) is 0 Å². The second-order valence-corrected chi connectivity index (χ2v) is 3.78. The van der Waals surface area contributed by atoms with Crippen LogP contribution in [0.4, 0.5) is 11.4 Å². The summed E-state index contributed by atoms with van der Waals surface area (Å²) in [6.07, 6.45) is 8.04. The van der Waals surface area contributed by atoms with E-state index in [1.165, 1.54) is 11.3 Å². The molecule has 1 aromatic heterocycles. The van der Waals surface area contributed by atoms with Gasteiger partial charge in [-0.25, -0.2) is 0 Å². The van der Waals surface area contributed by atoms with Crippen molar-refractivity contribution in [3.63, 3.8) is 0 Å². The lowest BCUT2D eigenvalue weighted by Gasteiger charge is -2.27. The largest absolute Gasteiger partial charge is 0.336 e. The van der Waals surface area contributed by atoms with Crippen molar-refractivity contribution in [3.05, 3.63) is 60.4 Å². The summed E-state index contributed by atoms with van der Waals surface area (Å²) >= 11 is 0. The quantitative estimate of drug-likeness (QED) is 0.715. The molecule has 0 spiro atoms. The molecule has 0 N–H and O–H groups in total. The van der Waals surface area contributed by atoms with E-state index in [1.54, 1.807) is 6.20 Å². The zero-order valence-electron chi connectivity index (χ0n) is 8.88. The molecule has 0 fully saturated rings. The van der Waals surface area contributed by atoms with Crippen molar-refractivity contribution >= 4 is 17.5 Å². The molecule has 0 radical (unpaired) electrons. The molecule has 0 aliphatic carbocycles. The Labute approximate surface area is 94.9 Å². The number of hydrogen-bond acceptors (Lipinski definition) is 2. The molecule has 0 saturated heterocycles. The van der Waals surface area contributed by atoms with Gasteiger partial charge in [-0.1, -0.05) is 30.4 Å². The van der Waals surface area contributed by atoms with E-state index in [-0.39, 0.29) is 0 Å². The van der Waals surface area contributed by atoms with Gasteiger partial charge in [-0.15, -0.1) is 0 Å². The molecule has 1 aliphatic heterocycles. The summed E-state index contributed by atoms with van der Waals surface area (Å²) in [6, 6.07) is 12.5. The maximum absolute atomic E-state index is 4.17. The third kappa shape index (κ3) is 1.48. The zero-order chi connectivity index (χ0) is 10.8. The maximum Gasteiger partial charge on any atom is 0.0600 e. The van der Waals surface area contributed by atoms with Crippen LogP contribution in [0.5, 0.6) is 0 Å². The summed E-state index contributed by atoms with van der Waals surface area (Å²) < 4.78 is 0. The van der Waals surface area contributed by atoms with Gasteiger partial charge in [0.2, 0.25) is 0 Å². The van der Waals surface area contributed by atoms with Gasteiger partial charge in [0.15, 0.2) is 0 Å². The number of benzene rings is 1. The maximum atomic E-state index is 4.17. The molecule has 0 bridgehead atoms. The topological polar surface area (TPSA) is 16.1 Å². The Bertz CT molecular complexity index is 517. The smallest absolute Gasteiger partial charge is 0.0600 e. The normalized spacial score (nSPS) is 13.6. The van der Waals surface area contributed by atoms with Gasteiger partial charge >= 0.3 is 0 Å². The van der Waals surface area contributed by atoms with Gasteiger partial charge in [0, 0.05) is 18.4 Å². The first kappa shape index (κ1) is 9.16. The Morgan fingerprint density at radius 1 is 1.06 bits per heavy atom. The Kier molecular flexibility index (Phi) is 2.18. The zero-order valence-corrected chi connectivity index (χ0v) is 8.88. The van der Waals surface area contributed by atoms with Crippen molar-refractivity contribution in [3.8, 4) is 0 Å². The van der Waals surface area contributed by atoms with Gasteiger partial charge in [0.25, 0.3) is 0 Å². The highest BCUT2D eigenvalue weighted by Crippen LogP contribution is 2.31. The fraction of sp³-hybridized carbons (Fsp3) is 0.0714.